The predicted molar refractivity (Wildman–Crippen MR) is 95.3 cm³/mol. The first kappa shape index (κ1) is 13.0. The molecule has 0 heterocycles. The molecule has 4 bridgehead atoms. The van der Waals surface area contributed by atoms with E-state index in [4.69, 9.17) is 25.3 Å². The van der Waals surface area contributed by atoms with Crippen LogP contribution in [0.4, 0.5) is 0 Å². The summed E-state index contributed by atoms with van der Waals surface area (Å²) >= 11 is 11.0. The summed E-state index contributed by atoms with van der Waals surface area (Å²) in [4.78, 5) is 0. The molecular formula is C20H28S2. The second kappa shape index (κ2) is 2.70. The molecule has 0 aromatic rings. The minimum Gasteiger partial charge on any atom is -0.172 e. The molecule has 7 fully saturated rings. The topological polar surface area (TPSA) is 0 Å². The van der Waals surface area contributed by atoms with Crippen LogP contribution in [0.15, 0.2) is 0 Å². The maximum atomic E-state index is 5.52. The summed E-state index contributed by atoms with van der Waals surface area (Å²) in [7, 11) is 0. The van der Waals surface area contributed by atoms with Crippen LogP contribution in [0, 0.1) is 57.2 Å². The molecule has 0 aliphatic heterocycles. The van der Waals surface area contributed by atoms with E-state index >= 15 is 0 Å². The Morgan fingerprint density at radius 1 is 0.864 bits per heavy atom. The Balaban J connectivity index is 1.63. The smallest absolute Gasteiger partial charge is 0.0199 e. The molecule has 0 saturated heterocycles. The molecule has 7 rings (SSSR count). The SMILES string of the molecule is CCC1(S)C2C3C45C6CC(S)(CC)C24[C@H]2[C@H]1C(C5(C)C6)[C@]32C. The first-order valence-electron chi connectivity index (χ1n) is 9.73. The quantitative estimate of drug-likeness (QED) is 0.673. The summed E-state index contributed by atoms with van der Waals surface area (Å²) in [6.07, 6.45) is 5.52. The summed E-state index contributed by atoms with van der Waals surface area (Å²) in [5.74, 6) is 5.83. The number of rotatable bonds is 2. The van der Waals surface area contributed by atoms with Gasteiger partial charge in [-0.2, -0.15) is 25.3 Å². The zero-order chi connectivity index (χ0) is 15.3. The molecule has 2 heteroatoms. The van der Waals surface area contributed by atoms with Gasteiger partial charge in [0.25, 0.3) is 0 Å². The minimum absolute atomic E-state index is 0.322. The molecule has 0 nitrogen and oxygen atoms in total. The fraction of sp³-hybridized carbons (Fsp3) is 1.00. The Labute approximate surface area is 145 Å². The third kappa shape index (κ3) is 0.600. The summed E-state index contributed by atoms with van der Waals surface area (Å²) in [5, 5.41) is 0. The lowest BCUT2D eigenvalue weighted by Gasteiger charge is -2.78. The van der Waals surface area contributed by atoms with Gasteiger partial charge >= 0.3 is 0 Å². The molecule has 0 radical (unpaired) electrons. The number of fused-ring (bicyclic) bond motifs is 2. The van der Waals surface area contributed by atoms with Gasteiger partial charge in [0.1, 0.15) is 0 Å². The average Bonchev–Trinajstić information content (AvgIpc) is 2.89. The standard InChI is InChI=1S/C20H28S2/c1-5-17(21)8-9-7-15(3)11-10-12-16(11,4)13-14(18(10,22)6-2)20(12,17)19(9,13)15/h9-14,21-22H,5-8H2,1-4H3/t9?,10-,11?,12+,13?,14?,15?,16+,17?,18?,19?,20?/m1/s1. The van der Waals surface area contributed by atoms with Crippen LogP contribution in [0.2, 0.25) is 0 Å². The summed E-state index contributed by atoms with van der Waals surface area (Å²) in [6, 6.07) is 0. The van der Waals surface area contributed by atoms with Crippen molar-refractivity contribution in [3.63, 3.8) is 0 Å². The van der Waals surface area contributed by atoms with Gasteiger partial charge in [-0.1, -0.05) is 27.7 Å². The lowest BCUT2D eigenvalue weighted by Crippen LogP contribution is -2.76. The van der Waals surface area contributed by atoms with Crippen molar-refractivity contribution in [2.24, 2.45) is 57.2 Å². The Kier molecular flexibility index (Phi) is 1.59. The number of hydrogen-bond donors (Lipinski definition) is 2. The van der Waals surface area contributed by atoms with Crippen molar-refractivity contribution in [2.75, 3.05) is 0 Å². The van der Waals surface area contributed by atoms with E-state index in [2.05, 4.69) is 27.7 Å². The van der Waals surface area contributed by atoms with E-state index in [9.17, 15) is 0 Å². The number of hydrogen-bond acceptors (Lipinski definition) is 2. The highest BCUT2D eigenvalue weighted by atomic mass is 32.1. The molecule has 0 amide bonds. The van der Waals surface area contributed by atoms with Crippen LogP contribution in [0.25, 0.3) is 0 Å². The van der Waals surface area contributed by atoms with E-state index in [0.717, 1.165) is 35.5 Å². The lowest BCUT2D eigenvalue weighted by atomic mass is 9.25. The van der Waals surface area contributed by atoms with Crippen molar-refractivity contribution in [3.8, 4) is 0 Å². The second-order valence-corrected chi connectivity index (χ2v) is 12.5. The molecule has 22 heavy (non-hydrogen) atoms. The van der Waals surface area contributed by atoms with Crippen LogP contribution in [-0.4, -0.2) is 9.49 Å². The van der Waals surface area contributed by atoms with Crippen LogP contribution in [-0.2, 0) is 0 Å². The van der Waals surface area contributed by atoms with Crippen molar-refractivity contribution in [1.29, 1.82) is 0 Å². The minimum atomic E-state index is 0.322. The lowest BCUT2D eigenvalue weighted by molar-refractivity contribution is -0.313. The van der Waals surface area contributed by atoms with Crippen LogP contribution in [0.5, 0.6) is 0 Å². The molecular weight excluding hydrogens is 304 g/mol. The fourth-order valence-electron chi connectivity index (χ4n) is 12.6. The first-order valence-corrected chi connectivity index (χ1v) is 10.6. The Hall–Kier alpha value is 0.700. The van der Waals surface area contributed by atoms with Gasteiger partial charge in [-0.15, -0.1) is 0 Å². The van der Waals surface area contributed by atoms with Gasteiger partial charge < -0.3 is 0 Å². The zero-order valence-corrected chi connectivity index (χ0v) is 16.0. The molecule has 12 atom stereocenters. The monoisotopic (exact) mass is 332 g/mol. The molecule has 0 N–H and O–H groups in total. The molecule has 0 aromatic heterocycles. The van der Waals surface area contributed by atoms with Gasteiger partial charge in [-0.3, -0.25) is 0 Å². The second-order valence-electron chi connectivity index (χ2n) is 10.8. The van der Waals surface area contributed by atoms with Crippen LogP contribution in [0.3, 0.4) is 0 Å². The van der Waals surface area contributed by atoms with Crippen molar-refractivity contribution >= 4 is 25.3 Å². The van der Waals surface area contributed by atoms with Gasteiger partial charge in [-0.05, 0) is 82.9 Å². The third-order valence-electron chi connectivity index (χ3n) is 11.8. The maximum absolute atomic E-state index is 5.52. The van der Waals surface area contributed by atoms with Crippen LogP contribution >= 0.6 is 25.3 Å². The van der Waals surface area contributed by atoms with E-state index in [1.54, 1.807) is 0 Å². The van der Waals surface area contributed by atoms with E-state index in [1.807, 2.05) is 0 Å². The van der Waals surface area contributed by atoms with Crippen molar-refractivity contribution in [2.45, 2.75) is 62.9 Å². The van der Waals surface area contributed by atoms with Gasteiger partial charge in [0.2, 0.25) is 0 Å². The van der Waals surface area contributed by atoms with Crippen molar-refractivity contribution in [1.82, 2.24) is 0 Å². The van der Waals surface area contributed by atoms with E-state index in [-0.39, 0.29) is 0 Å². The summed E-state index contributed by atoms with van der Waals surface area (Å²) in [5.41, 5.74) is 2.63. The molecule has 7 saturated carbocycles. The van der Waals surface area contributed by atoms with Gasteiger partial charge in [0, 0.05) is 9.49 Å². The maximum Gasteiger partial charge on any atom is 0.0199 e. The van der Waals surface area contributed by atoms with Gasteiger partial charge in [0.05, 0.1) is 0 Å². The molecule has 9 unspecified atom stereocenters. The fourth-order valence-corrected chi connectivity index (χ4v) is 14.0. The molecule has 120 valence electrons. The molecule has 7 aliphatic rings. The predicted octanol–water partition coefficient (Wildman–Crippen LogP) is 4.70. The van der Waals surface area contributed by atoms with E-state index in [0.29, 0.717) is 31.2 Å². The number of thiol groups is 2. The Morgan fingerprint density at radius 3 is 2.23 bits per heavy atom. The molecule has 2 spiro atoms. The van der Waals surface area contributed by atoms with Gasteiger partial charge in [-0.25, -0.2) is 0 Å². The van der Waals surface area contributed by atoms with Crippen molar-refractivity contribution in [3.05, 3.63) is 0 Å². The van der Waals surface area contributed by atoms with Gasteiger partial charge in [0.15, 0.2) is 0 Å². The van der Waals surface area contributed by atoms with E-state index in [1.165, 1.54) is 25.7 Å². The largest absolute Gasteiger partial charge is 0.172 e. The Morgan fingerprint density at radius 2 is 1.59 bits per heavy atom. The van der Waals surface area contributed by atoms with Crippen LogP contribution in [0.1, 0.15) is 53.4 Å². The average molecular weight is 333 g/mol. The zero-order valence-electron chi connectivity index (χ0n) is 14.2. The molecule has 0 aromatic carbocycles. The highest BCUT2D eigenvalue weighted by Crippen LogP contribution is 3.15. The molecule has 7 aliphatic carbocycles. The van der Waals surface area contributed by atoms with E-state index < -0.39 is 0 Å². The summed E-state index contributed by atoms with van der Waals surface area (Å²) < 4.78 is 0.670. The van der Waals surface area contributed by atoms with Crippen molar-refractivity contribution < 1.29 is 0 Å². The highest BCUT2D eigenvalue weighted by molar-refractivity contribution is 7.82. The van der Waals surface area contributed by atoms with Crippen LogP contribution < -0.4 is 0 Å². The highest BCUT2D eigenvalue weighted by Gasteiger charge is 3.13. The Bertz CT molecular complexity index is 689. The summed E-state index contributed by atoms with van der Waals surface area (Å²) in [6.45, 7) is 10.3. The normalized spacial score (nSPS) is 85.9. The first-order chi connectivity index (χ1) is 10.3. The third-order valence-corrected chi connectivity index (χ3v) is 13.5.